The van der Waals surface area contributed by atoms with E-state index in [4.69, 9.17) is 14.7 Å². The number of amides is 1. The summed E-state index contributed by atoms with van der Waals surface area (Å²) >= 11 is 2.01. The third-order valence-corrected chi connectivity index (χ3v) is 7.94. The zero-order chi connectivity index (χ0) is 19.1. The van der Waals surface area contributed by atoms with Crippen molar-refractivity contribution in [3.8, 4) is 0 Å². The molecule has 27 heavy (non-hydrogen) atoms. The van der Waals surface area contributed by atoms with Crippen molar-refractivity contribution in [3.63, 3.8) is 0 Å². The van der Waals surface area contributed by atoms with Crippen LogP contribution in [0.25, 0.3) is 0 Å². The van der Waals surface area contributed by atoms with Crippen molar-refractivity contribution in [1.82, 2.24) is 5.48 Å². The maximum atomic E-state index is 11.1. The first kappa shape index (κ1) is 21.4. The normalized spacial score (nSPS) is 31.9. The third-order valence-electron chi connectivity index (χ3n) is 6.66. The molecule has 0 radical (unpaired) electrons. The molecule has 5 nitrogen and oxygen atoms in total. The Morgan fingerprint density at radius 1 is 1.19 bits per heavy atom. The van der Waals surface area contributed by atoms with Gasteiger partial charge in [0.05, 0.1) is 24.9 Å². The minimum atomic E-state index is -0.285. The molecule has 1 aliphatic carbocycles. The number of carbonyl (C=O) groups excluding carboxylic acids is 1. The van der Waals surface area contributed by atoms with Gasteiger partial charge in [0, 0.05) is 17.6 Å². The van der Waals surface area contributed by atoms with Gasteiger partial charge in [-0.25, -0.2) is 5.48 Å². The molecule has 3 aliphatic rings. The molecule has 5 unspecified atom stereocenters. The van der Waals surface area contributed by atoms with Gasteiger partial charge >= 0.3 is 0 Å². The van der Waals surface area contributed by atoms with Gasteiger partial charge < -0.3 is 9.47 Å². The van der Waals surface area contributed by atoms with Crippen LogP contribution >= 0.6 is 11.8 Å². The molecule has 3 fully saturated rings. The van der Waals surface area contributed by atoms with Crippen LogP contribution in [0.1, 0.15) is 77.6 Å². The number of fused-ring (bicyclic) bond motifs is 2. The largest absolute Gasteiger partial charge is 0.378 e. The lowest BCUT2D eigenvalue weighted by Crippen LogP contribution is -2.33. The molecule has 1 amide bonds. The van der Waals surface area contributed by atoms with Crippen LogP contribution < -0.4 is 5.48 Å². The van der Waals surface area contributed by atoms with Crippen molar-refractivity contribution in [2.45, 2.75) is 101 Å². The number of nitrogens with one attached hydrogen (secondary N) is 1. The molecule has 3 rings (SSSR count). The first-order chi connectivity index (χ1) is 13.2. The second kappa shape index (κ2) is 11.0. The third kappa shape index (κ3) is 6.34. The van der Waals surface area contributed by atoms with Gasteiger partial charge in [0.25, 0.3) is 0 Å². The van der Waals surface area contributed by atoms with E-state index >= 15 is 0 Å². The van der Waals surface area contributed by atoms with E-state index < -0.39 is 0 Å². The molecule has 156 valence electrons. The van der Waals surface area contributed by atoms with Crippen LogP contribution in [0.3, 0.4) is 0 Å². The molecule has 0 aromatic carbocycles. The quantitative estimate of drug-likeness (QED) is 0.400. The maximum Gasteiger partial charge on any atom is 0.243 e. The van der Waals surface area contributed by atoms with Gasteiger partial charge in [-0.15, -0.1) is 0 Å². The lowest BCUT2D eigenvalue weighted by Gasteiger charge is -2.30. The summed E-state index contributed by atoms with van der Waals surface area (Å²) < 4.78 is 12.6. The summed E-state index contributed by atoms with van der Waals surface area (Å²) in [6.07, 6.45) is 13.8. The Balaban J connectivity index is 1.35. The smallest absolute Gasteiger partial charge is 0.243 e. The number of hydrogen-bond acceptors (Lipinski definition) is 5. The summed E-state index contributed by atoms with van der Waals surface area (Å²) in [5.74, 6) is 2.12. The lowest BCUT2D eigenvalue weighted by atomic mass is 9.78. The highest BCUT2D eigenvalue weighted by Gasteiger charge is 2.48. The molecule has 2 heterocycles. The number of hydroxylamine groups is 1. The number of carbonyl (C=O) groups is 1. The Kier molecular flexibility index (Phi) is 8.75. The Morgan fingerprint density at radius 3 is 2.67 bits per heavy atom. The van der Waals surface area contributed by atoms with E-state index in [1.54, 1.807) is 5.48 Å². The fourth-order valence-corrected chi connectivity index (χ4v) is 6.22. The summed E-state index contributed by atoms with van der Waals surface area (Å²) in [4.78, 5) is 11.1. The highest BCUT2D eigenvalue weighted by molar-refractivity contribution is 7.99. The first-order valence-corrected chi connectivity index (χ1v) is 12.0. The molecule has 2 saturated heterocycles. The predicted molar refractivity (Wildman–Crippen MR) is 108 cm³/mol. The van der Waals surface area contributed by atoms with Crippen LogP contribution in [0, 0.1) is 11.8 Å². The van der Waals surface area contributed by atoms with E-state index in [1.807, 2.05) is 11.8 Å². The molecular formula is C21H37NO4S. The maximum absolute atomic E-state index is 11.1. The predicted octanol–water partition coefficient (Wildman–Crippen LogP) is 4.32. The van der Waals surface area contributed by atoms with Gasteiger partial charge in [-0.2, -0.15) is 11.8 Å². The minimum absolute atomic E-state index is 0.285. The Bertz CT molecular complexity index is 457. The van der Waals surface area contributed by atoms with Crippen molar-refractivity contribution in [2.24, 2.45) is 11.8 Å². The summed E-state index contributed by atoms with van der Waals surface area (Å²) in [6.45, 7) is 3.13. The molecule has 2 N–H and O–H groups in total. The van der Waals surface area contributed by atoms with Crippen LogP contribution in [0.15, 0.2) is 0 Å². The Morgan fingerprint density at radius 2 is 1.93 bits per heavy atom. The molecule has 2 bridgehead atoms. The minimum Gasteiger partial charge on any atom is -0.378 e. The summed E-state index contributed by atoms with van der Waals surface area (Å²) in [5.41, 5.74) is 1.70. The topological polar surface area (TPSA) is 67.8 Å². The van der Waals surface area contributed by atoms with E-state index in [2.05, 4.69) is 6.92 Å². The fourth-order valence-electron chi connectivity index (χ4n) is 5.08. The van der Waals surface area contributed by atoms with Gasteiger partial charge in [0.2, 0.25) is 5.91 Å². The second-order valence-corrected chi connectivity index (χ2v) is 10.2. The van der Waals surface area contributed by atoms with Crippen LogP contribution in [-0.2, 0) is 14.3 Å². The van der Waals surface area contributed by atoms with Gasteiger partial charge in [-0.05, 0) is 56.6 Å². The zero-order valence-electron chi connectivity index (χ0n) is 16.7. The van der Waals surface area contributed by atoms with E-state index in [0.29, 0.717) is 41.8 Å². The zero-order valence-corrected chi connectivity index (χ0v) is 17.6. The lowest BCUT2D eigenvalue weighted by molar-refractivity contribution is -0.129. The van der Waals surface area contributed by atoms with E-state index in [1.165, 1.54) is 51.4 Å². The average molecular weight is 400 g/mol. The average Bonchev–Trinajstić information content (AvgIpc) is 3.29. The number of ether oxygens (including phenoxy) is 2. The molecule has 1 saturated carbocycles. The Labute approximate surface area is 168 Å². The molecule has 5 atom stereocenters. The number of hydrogen-bond donors (Lipinski definition) is 2. The van der Waals surface area contributed by atoms with Gasteiger partial charge in [-0.3, -0.25) is 10.0 Å². The second-order valence-electron chi connectivity index (χ2n) is 8.61. The molecule has 2 aliphatic heterocycles. The number of rotatable bonds is 11. The van der Waals surface area contributed by atoms with Crippen molar-refractivity contribution < 1.29 is 19.5 Å². The van der Waals surface area contributed by atoms with E-state index in [-0.39, 0.29) is 5.91 Å². The van der Waals surface area contributed by atoms with E-state index in [9.17, 15) is 4.79 Å². The monoisotopic (exact) mass is 399 g/mol. The van der Waals surface area contributed by atoms with Crippen LogP contribution in [0.5, 0.6) is 0 Å². The summed E-state index contributed by atoms with van der Waals surface area (Å²) in [6, 6.07) is 0. The van der Waals surface area contributed by atoms with Crippen molar-refractivity contribution in [2.75, 3.05) is 12.4 Å². The highest BCUT2D eigenvalue weighted by Crippen LogP contribution is 2.46. The van der Waals surface area contributed by atoms with Crippen LogP contribution in [-0.4, -0.2) is 47.0 Å². The van der Waals surface area contributed by atoms with Gasteiger partial charge in [0.15, 0.2) is 0 Å². The highest BCUT2D eigenvalue weighted by atomic mass is 32.2. The molecular weight excluding hydrogens is 362 g/mol. The first-order valence-electron chi connectivity index (χ1n) is 11.0. The fraction of sp³-hybridized carbons (Fsp3) is 0.952. The van der Waals surface area contributed by atoms with Gasteiger partial charge in [0.1, 0.15) is 0 Å². The summed E-state index contributed by atoms with van der Waals surface area (Å²) in [7, 11) is 0. The SMILES string of the molecule is CC(CCCC(=O)NO)SCCC1C2CCC(O2)C1COC1CCCCC1. The van der Waals surface area contributed by atoms with Crippen molar-refractivity contribution in [3.05, 3.63) is 0 Å². The van der Waals surface area contributed by atoms with Crippen LogP contribution in [0.4, 0.5) is 0 Å². The number of thioether (sulfide) groups is 1. The summed E-state index contributed by atoms with van der Waals surface area (Å²) in [5, 5.41) is 9.09. The van der Waals surface area contributed by atoms with Gasteiger partial charge in [-0.1, -0.05) is 26.2 Å². The van der Waals surface area contributed by atoms with Crippen molar-refractivity contribution in [1.29, 1.82) is 0 Å². The van der Waals surface area contributed by atoms with Crippen LogP contribution in [0.2, 0.25) is 0 Å². The van der Waals surface area contributed by atoms with Crippen molar-refractivity contribution >= 4 is 17.7 Å². The molecule has 0 aromatic rings. The Hall–Kier alpha value is -0.300. The molecule has 0 spiro atoms. The standard InChI is InChI=1S/C21H37NO4S/c1-15(6-5-9-21(23)22-24)27-13-12-17-18(20-11-10-19(17)26-20)14-25-16-7-3-2-4-8-16/h15-20,24H,2-14H2,1H3,(H,22,23). The molecule has 6 heteroatoms. The molecule has 0 aromatic heterocycles. The van der Waals surface area contributed by atoms with E-state index in [0.717, 1.165) is 25.2 Å².